The van der Waals surface area contributed by atoms with E-state index in [1.807, 2.05) is 0 Å². The van der Waals surface area contributed by atoms with Gasteiger partial charge in [-0.3, -0.25) is 0 Å². The molecule has 0 aromatic heterocycles. The van der Waals surface area contributed by atoms with Crippen LogP contribution in [0.15, 0.2) is 0 Å². The van der Waals surface area contributed by atoms with Crippen LogP contribution in [0.3, 0.4) is 0 Å². The predicted octanol–water partition coefficient (Wildman–Crippen LogP) is 2.21. The van der Waals surface area contributed by atoms with Gasteiger partial charge in [0.25, 0.3) is 0 Å². The van der Waals surface area contributed by atoms with Gasteiger partial charge >= 0.3 is 0 Å². The Morgan fingerprint density at radius 3 is 2.00 bits per heavy atom. The first-order valence-electron chi connectivity index (χ1n) is 3.04. The predicted molar refractivity (Wildman–Crippen MR) is 31.6 cm³/mol. The van der Waals surface area contributed by atoms with Crippen molar-refractivity contribution in [2.45, 2.75) is 25.7 Å². The second-order valence-corrected chi connectivity index (χ2v) is 2.31. The zero-order chi connectivity index (χ0) is 5.11. The summed E-state index contributed by atoms with van der Waals surface area (Å²) < 4.78 is 0. The van der Waals surface area contributed by atoms with Crippen LogP contribution in [-0.4, -0.2) is 0 Å². The van der Waals surface area contributed by atoms with Gasteiger partial charge in [0.05, 0.1) is 0 Å². The van der Waals surface area contributed by atoms with Crippen molar-refractivity contribution in [1.29, 1.82) is 0 Å². The fourth-order valence-corrected chi connectivity index (χ4v) is 0.996. The second kappa shape index (κ2) is 4.93. The molecule has 8 heavy (non-hydrogen) atoms. The first-order chi connectivity index (χ1) is 3.39. The maximum absolute atomic E-state index is 3.98. The van der Waals surface area contributed by atoms with E-state index in [2.05, 4.69) is 13.3 Å². The third kappa shape index (κ3) is 3.19. The maximum Gasteiger partial charge on any atom is 0 e. The van der Waals surface area contributed by atoms with Crippen LogP contribution in [0, 0.1) is 19.3 Å². The summed E-state index contributed by atoms with van der Waals surface area (Å²) in [4.78, 5) is 0. The zero-order valence-corrected chi connectivity index (χ0v) is 8.11. The summed E-state index contributed by atoms with van der Waals surface area (Å²) in [5.41, 5.74) is 0. The van der Waals surface area contributed by atoms with E-state index in [1.165, 1.54) is 25.7 Å². The monoisotopic (exact) mass is 185 g/mol. The van der Waals surface area contributed by atoms with Gasteiger partial charge in [-0.15, -0.1) is 12.8 Å². The van der Waals surface area contributed by atoms with Crippen LogP contribution >= 0.6 is 0 Å². The molecule has 1 aliphatic rings. The summed E-state index contributed by atoms with van der Waals surface area (Å²) in [6.07, 6.45) is 7.60. The Labute approximate surface area is 77.3 Å². The van der Waals surface area contributed by atoms with Crippen LogP contribution in [0.1, 0.15) is 25.7 Å². The Bertz CT molecular complexity index is 46.3. The molecule has 0 amide bonds. The Hall–Kier alpha value is 1.10. The van der Waals surface area contributed by atoms with Gasteiger partial charge in [0, 0.05) is 32.7 Å². The Kier molecular flexibility index (Phi) is 5.62. The molecule has 0 bridgehead atoms. The summed E-state index contributed by atoms with van der Waals surface area (Å²) in [5.74, 6) is 0.755. The van der Waals surface area contributed by atoms with Gasteiger partial charge in [0.15, 0.2) is 0 Å². The smallest absolute Gasteiger partial charge is 0 e. The van der Waals surface area contributed by atoms with Crippen molar-refractivity contribution in [3.8, 4) is 0 Å². The summed E-state index contributed by atoms with van der Waals surface area (Å²) in [6, 6.07) is 0. The fraction of sp³-hybridized carbons (Fsp3) is 0.714. The largest absolute Gasteiger partial charge is 0.340 e. The van der Waals surface area contributed by atoms with Gasteiger partial charge in [-0.2, -0.15) is 18.8 Å². The summed E-state index contributed by atoms with van der Waals surface area (Å²) in [6.45, 7) is 3.98. The molecule has 45 valence electrons. The van der Waals surface area contributed by atoms with Crippen LogP contribution in [0.4, 0.5) is 0 Å². The van der Waals surface area contributed by atoms with Crippen molar-refractivity contribution < 1.29 is 32.7 Å². The van der Waals surface area contributed by atoms with Gasteiger partial charge in [0.2, 0.25) is 0 Å². The van der Waals surface area contributed by atoms with E-state index in [-0.39, 0.29) is 32.7 Å². The van der Waals surface area contributed by atoms with Crippen LogP contribution in [0.2, 0.25) is 0 Å². The van der Waals surface area contributed by atoms with Crippen LogP contribution in [0.25, 0.3) is 0 Å². The topological polar surface area (TPSA) is 0 Å². The van der Waals surface area contributed by atoms with E-state index < -0.39 is 0 Å². The summed E-state index contributed by atoms with van der Waals surface area (Å²) in [7, 11) is 0. The summed E-state index contributed by atoms with van der Waals surface area (Å²) >= 11 is 0. The normalized spacial score (nSPS) is 22.1. The Balaban J connectivity index is 0.000000490. The average molecular weight is 185 g/mol. The van der Waals surface area contributed by atoms with E-state index in [0.29, 0.717) is 0 Å². The molecule has 0 aromatic carbocycles. The third-order valence-corrected chi connectivity index (χ3v) is 1.56. The van der Waals surface area contributed by atoms with Gasteiger partial charge in [-0.25, -0.2) is 0 Å². The Morgan fingerprint density at radius 2 is 1.75 bits per heavy atom. The van der Waals surface area contributed by atoms with Crippen LogP contribution < -0.4 is 0 Å². The van der Waals surface area contributed by atoms with Crippen molar-refractivity contribution in [3.05, 3.63) is 13.3 Å². The van der Waals surface area contributed by atoms with Crippen LogP contribution in [-0.2, 0) is 32.7 Å². The van der Waals surface area contributed by atoms with E-state index in [4.69, 9.17) is 0 Å². The standard InChI is InChI=1S/C7H12.Y/c1-7-5-3-2-4-6-7;/h2,7H,1,3-6H2;/q-2;. The number of hydrogen-bond donors (Lipinski definition) is 0. The maximum atomic E-state index is 3.98. The van der Waals surface area contributed by atoms with Crippen molar-refractivity contribution in [1.82, 2.24) is 0 Å². The third-order valence-electron chi connectivity index (χ3n) is 1.56. The molecule has 0 N–H and O–H groups in total. The minimum atomic E-state index is 0. The molecule has 1 aliphatic carbocycles. The Morgan fingerprint density at radius 1 is 1.25 bits per heavy atom. The average Bonchev–Trinajstić information content (AvgIpc) is 1.69. The first-order valence-corrected chi connectivity index (χ1v) is 3.04. The number of rotatable bonds is 0. The van der Waals surface area contributed by atoms with Crippen molar-refractivity contribution in [3.63, 3.8) is 0 Å². The van der Waals surface area contributed by atoms with Crippen molar-refractivity contribution in [2.75, 3.05) is 0 Å². The molecule has 1 heteroatoms. The molecular formula is C7H12Y-2. The van der Waals surface area contributed by atoms with Gasteiger partial charge < -0.3 is 13.3 Å². The molecule has 1 radical (unpaired) electrons. The van der Waals surface area contributed by atoms with Crippen molar-refractivity contribution in [2.24, 2.45) is 5.92 Å². The minimum absolute atomic E-state index is 0. The van der Waals surface area contributed by atoms with E-state index >= 15 is 0 Å². The molecule has 0 nitrogen and oxygen atoms in total. The first kappa shape index (κ1) is 9.10. The van der Waals surface area contributed by atoms with Gasteiger partial charge in [-0.1, -0.05) is 0 Å². The molecule has 0 aliphatic heterocycles. The van der Waals surface area contributed by atoms with E-state index in [1.54, 1.807) is 0 Å². The minimum Gasteiger partial charge on any atom is -0.340 e. The molecule has 1 rings (SSSR count). The van der Waals surface area contributed by atoms with Crippen LogP contribution in [0.5, 0.6) is 0 Å². The molecule has 0 aromatic rings. The van der Waals surface area contributed by atoms with Crippen molar-refractivity contribution >= 4 is 0 Å². The molecule has 0 unspecified atom stereocenters. The van der Waals surface area contributed by atoms with Gasteiger partial charge in [-0.05, 0) is 0 Å². The molecule has 0 spiro atoms. The molecule has 1 saturated carbocycles. The quantitative estimate of drug-likeness (QED) is 0.507. The second-order valence-electron chi connectivity index (χ2n) is 2.31. The molecule has 0 heterocycles. The SMILES string of the molecule is [CH2-]C1CC[CH-]CC1.[Y]. The molecule has 1 fully saturated rings. The van der Waals surface area contributed by atoms with E-state index in [9.17, 15) is 0 Å². The van der Waals surface area contributed by atoms with E-state index in [0.717, 1.165) is 5.92 Å². The molecule has 0 atom stereocenters. The summed E-state index contributed by atoms with van der Waals surface area (Å²) in [5, 5.41) is 0. The fourth-order valence-electron chi connectivity index (χ4n) is 0.996. The zero-order valence-electron chi connectivity index (χ0n) is 5.27. The molecule has 0 saturated heterocycles. The van der Waals surface area contributed by atoms with Gasteiger partial charge in [0.1, 0.15) is 0 Å². The molecular weight excluding hydrogens is 173 g/mol. The number of hydrogen-bond acceptors (Lipinski definition) is 0.